The summed E-state index contributed by atoms with van der Waals surface area (Å²) in [5, 5.41) is 14.9. The van der Waals surface area contributed by atoms with Crippen LogP contribution in [-0.4, -0.2) is 57.8 Å². The van der Waals surface area contributed by atoms with Crippen molar-refractivity contribution in [3.05, 3.63) is 59.4 Å². The number of morpholine rings is 1. The van der Waals surface area contributed by atoms with E-state index in [1.165, 1.54) is 5.56 Å². The van der Waals surface area contributed by atoms with Gasteiger partial charge in [0.05, 0.1) is 19.3 Å². The molecule has 1 fully saturated rings. The number of amides is 1. The molecule has 0 bridgehead atoms. The molecule has 7 nitrogen and oxygen atoms in total. The molecule has 172 valence electrons. The Hall–Kier alpha value is -3.00. The SMILES string of the molecule is C=Cc1c[nH]c2ncc(-c3cc4c(c([C@@H]5COCCN5)c3)CN(C(=O)C(C)(C)O)CC4)cc12. The molecular formula is C26H30N4O3. The Morgan fingerprint density at radius 1 is 1.33 bits per heavy atom. The lowest BCUT2D eigenvalue weighted by atomic mass is 9.87. The van der Waals surface area contributed by atoms with Gasteiger partial charge in [0.1, 0.15) is 11.2 Å². The normalized spacial score (nSPS) is 18.9. The smallest absolute Gasteiger partial charge is 0.254 e. The van der Waals surface area contributed by atoms with Crippen LogP contribution < -0.4 is 5.32 Å². The first kappa shape index (κ1) is 21.8. The van der Waals surface area contributed by atoms with E-state index in [1.54, 1.807) is 18.7 Å². The third kappa shape index (κ3) is 4.08. The number of H-pyrrole nitrogens is 1. The van der Waals surface area contributed by atoms with Crippen LogP contribution in [0.3, 0.4) is 0 Å². The van der Waals surface area contributed by atoms with Gasteiger partial charge >= 0.3 is 0 Å². The van der Waals surface area contributed by atoms with E-state index in [4.69, 9.17) is 4.74 Å². The van der Waals surface area contributed by atoms with Crippen LogP contribution in [0.5, 0.6) is 0 Å². The summed E-state index contributed by atoms with van der Waals surface area (Å²) in [4.78, 5) is 22.4. The Bertz CT molecular complexity index is 1220. The second-order valence-electron chi connectivity index (χ2n) is 9.39. The van der Waals surface area contributed by atoms with Crippen molar-refractivity contribution in [3.8, 4) is 11.1 Å². The summed E-state index contributed by atoms with van der Waals surface area (Å²) < 4.78 is 5.77. The van der Waals surface area contributed by atoms with Crippen LogP contribution in [0.2, 0.25) is 0 Å². The van der Waals surface area contributed by atoms with Crippen LogP contribution in [0.4, 0.5) is 0 Å². The molecule has 4 heterocycles. The first-order valence-corrected chi connectivity index (χ1v) is 11.4. The Labute approximate surface area is 193 Å². The minimum atomic E-state index is -1.38. The number of hydrogen-bond donors (Lipinski definition) is 3. The van der Waals surface area contributed by atoms with Crippen molar-refractivity contribution in [2.75, 3.05) is 26.3 Å². The lowest BCUT2D eigenvalue weighted by Gasteiger charge is -2.36. The highest BCUT2D eigenvalue weighted by molar-refractivity contribution is 5.89. The van der Waals surface area contributed by atoms with Crippen molar-refractivity contribution in [2.45, 2.75) is 38.5 Å². The van der Waals surface area contributed by atoms with Gasteiger partial charge in [0, 0.05) is 48.5 Å². The second kappa shape index (κ2) is 8.41. The van der Waals surface area contributed by atoms with E-state index in [0.29, 0.717) is 26.3 Å². The Morgan fingerprint density at radius 2 is 2.18 bits per heavy atom. The number of carbonyl (C=O) groups excluding carboxylic acids is 1. The molecule has 2 aliphatic heterocycles. The largest absolute Gasteiger partial charge is 0.381 e. The van der Waals surface area contributed by atoms with Crippen molar-refractivity contribution in [3.63, 3.8) is 0 Å². The van der Waals surface area contributed by atoms with E-state index in [2.05, 4.69) is 40.1 Å². The fourth-order valence-electron chi connectivity index (χ4n) is 4.85. The molecule has 2 aliphatic rings. The zero-order chi connectivity index (χ0) is 23.2. The number of rotatable bonds is 4. The van der Waals surface area contributed by atoms with Gasteiger partial charge in [-0.15, -0.1) is 0 Å². The van der Waals surface area contributed by atoms with Crippen molar-refractivity contribution >= 4 is 23.0 Å². The summed E-state index contributed by atoms with van der Waals surface area (Å²) in [6, 6.07) is 6.63. The Morgan fingerprint density at radius 3 is 2.91 bits per heavy atom. The lowest BCUT2D eigenvalue weighted by Crippen LogP contribution is -2.47. The molecule has 0 unspecified atom stereocenters. The van der Waals surface area contributed by atoms with Gasteiger partial charge in [-0.25, -0.2) is 4.98 Å². The van der Waals surface area contributed by atoms with Crippen molar-refractivity contribution in [2.24, 2.45) is 0 Å². The average Bonchev–Trinajstić information content (AvgIpc) is 3.25. The van der Waals surface area contributed by atoms with Gasteiger partial charge in [-0.2, -0.15) is 0 Å². The van der Waals surface area contributed by atoms with Crippen LogP contribution >= 0.6 is 0 Å². The number of aliphatic hydroxyl groups is 1. The van der Waals surface area contributed by atoms with Crippen LogP contribution in [-0.2, 0) is 22.5 Å². The van der Waals surface area contributed by atoms with Crippen molar-refractivity contribution in [1.29, 1.82) is 0 Å². The number of fused-ring (bicyclic) bond motifs is 2. The number of hydrogen-bond acceptors (Lipinski definition) is 5. The fraction of sp³-hybridized carbons (Fsp3) is 0.385. The molecule has 1 amide bonds. The van der Waals surface area contributed by atoms with Crippen LogP contribution in [0, 0.1) is 0 Å². The molecule has 3 N–H and O–H groups in total. The second-order valence-corrected chi connectivity index (χ2v) is 9.39. The predicted octanol–water partition coefficient (Wildman–Crippen LogP) is 3.19. The number of nitrogens with one attached hydrogen (secondary N) is 2. The van der Waals surface area contributed by atoms with E-state index in [0.717, 1.165) is 51.8 Å². The number of carbonyl (C=O) groups is 1. The van der Waals surface area contributed by atoms with Crippen LogP contribution in [0.25, 0.3) is 28.2 Å². The first-order valence-electron chi connectivity index (χ1n) is 11.4. The number of benzene rings is 1. The molecule has 1 atom stereocenters. The topological polar surface area (TPSA) is 90.5 Å². The molecule has 0 radical (unpaired) electrons. The molecule has 1 aromatic carbocycles. The van der Waals surface area contributed by atoms with Crippen molar-refractivity contribution in [1.82, 2.24) is 20.2 Å². The summed E-state index contributed by atoms with van der Waals surface area (Å²) in [6.07, 6.45) is 6.39. The molecule has 0 spiro atoms. The van der Waals surface area contributed by atoms with Gasteiger partial charge in [0.25, 0.3) is 5.91 Å². The monoisotopic (exact) mass is 446 g/mol. The summed E-state index contributed by atoms with van der Waals surface area (Å²) in [5.74, 6) is -0.241. The van der Waals surface area contributed by atoms with Gasteiger partial charge in [0.2, 0.25) is 0 Å². The Balaban J connectivity index is 1.59. The third-order valence-electron chi connectivity index (χ3n) is 6.60. The van der Waals surface area contributed by atoms with Crippen molar-refractivity contribution < 1.29 is 14.6 Å². The van der Waals surface area contributed by atoms with Gasteiger partial charge in [0.15, 0.2) is 0 Å². The number of nitrogens with zero attached hydrogens (tertiary/aromatic N) is 2. The standard InChI is InChI=1S/C26H30N4O3/c1-4-16-12-28-24-20(16)11-19(13-29-24)18-9-17-5-7-30(25(31)26(2,3)32)14-22(17)21(10-18)23-15-33-8-6-27-23/h4,9-13,23,27,32H,1,5-8,14-15H2,2-3H3,(H,28,29)/t23-/m0/s1. The molecule has 0 aliphatic carbocycles. The van der Waals surface area contributed by atoms with Gasteiger partial charge in [-0.3, -0.25) is 4.79 Å². The summed E-state index contributed by atoms with van der Waals surface area (Å²) in [7, 11) is 0. The minimum absolute atomic E-state index is 0.0531. The minimum Gasteiger partial charge on any atom is -0.381 e. The maximum Gasteiger partial charge on any atom is 0.254 e. The number of ether oxygens (including phenoxy) is 1. The van der Waals surface area contributed by atoms with Gasteiger partial charge < -0.3 is 25.0 Å². The molecule has 33 heavy (non-hydrogen) atoms. The number of aromatic amines is 1. The predicted molar refractivity (Wildman–Crippen MR) is 129 cm³/mol. The maximum atomic E-state index is 12.8. The highest BCUT2D eigenvalue weighted by Gasteiger charge is 2.33. The highest BCUT2D eigenvalue weighted by Crippen LogP contribution is 2.35. The molecule has 0 saturated carbocycles. The quantitative estimate of drug-likeness (QED) is 0.573. The first-order chi connectivity index (χ1) is 15.8. The molecular weight excluding hydrogens is 416 g/mol. The van der Waals surface area contributed by atoms with E-state index >= 15 is 0 Å². The van der Waals surface area contributed by atoms with Crippen LogP contribution in [0.15, 0.2) is 37.2 Å². The summed E-state index contributed by atoms with van der Waals surface area (Å²) in [5.41, 5.74) is 6.15. The molecule has 7 heteroatoms. The van der Waals surface area contributed by atoms with Gasteiger partial charge in [-0.1, -0.05) is 18.7 Å². The summed E-state index contributed by atoms with van der Waals surface area (Å²) >= 11 is 0. The third-order valence-corrected chi connectivity index (χ3v) is 6.60. The zero-order valence-electron chi connectivity index (χ0n) is 19.1. The zero-order valence-corrected chi connectivity index (χ0v) is 19.1. The lowest BCUT2D eigenvalue weighted by molar-refractivity contribution is -0.148. The Kier molecular flexibility index (Phi) is 5.56. The molecule has 3 aromatic rings. The summed E-state index contributed by atoms with van der Waals surface area (Å²) in [6.45, 7) is 10.1. The van der Waals surface area contributed by atoms with E-state index < -0.39 is 5.60 Å². The number of pyridine rings is 1. The van der Waals surface area contributed by atoms with Gasteiger partial charge in [-0.05, 0) is 54.7 Å². The van der Waals surface area contributed by atoms with E-state index in [9.17, 15) is 9.90 Å². The maximum absolute atomic E-state index is 12.8. The average molecular weight is 447 g/mol. The molecule has 5 rings (SSSR count). The number of aromatic nitrogens is 2. The fourth-order valence-corrected chi connectivity index (χ4v) is 4.85. The van der Waals surface area contributed by atoms with Crippen LogP contribution in [0.1, 0.15) is 42.1 Å². The molecule has 1 saturated heterocycles. The highest BCUT2D eigenvalue weighted by atomic mass is 16.5. The van der Waals surface area contributed by atoms with E-state index in [1.807, 2.05) is 18.5 Å². The molecule has 2 aromatic heterocycles. The van der Waals surface area contributed by atoms with E-state index in [-0.39, 0.29) is 11.9 Å².